The molecule has 0 fully saturated rings. The number of imidazole rings is 1. The minimum atomic E-state index is -0.0754. The highest BCUT2D eigenvalue weighted by molar-refractivity contribution is 7.12. The number of nitrogens with zero attached hydrogens (tertiary/aromatic N) is 2. The van der Waals surface area contributed by atoms with Crippen LogP contribution in [-0.4, -0.2) is 15.3 Å². The number of rotatable bonds is 3. The number of carbonyl (C=O) groups excluding carboxylic acids is 1. The summed E-state index contributed by atoms with van der Waals surface area (Å²) in [6, 6.07) is 15.6. The van der Waals surface area contributed by atoms with Gasteiger partial charge in [0.25, 0.3) is 5.91 Å². The molecule has 0 atom stereocenters. The average molecular weight is 333 g/mol. The van der Waals surface area contributed by atoms with Crippen molar-refractivity contribution in [1.29, 1.82) is 0 Å². The Balaban J connectivity index is 1.55. The largest absolute Gasteiger partial charge is 0.321 e. The molecule has 0 spiro atoms. The first-order chi connectivity index (χ1) is 11.7. The van der Waals surface area contributed by atoms with E-state index < -0.39 is 0 Å². The second-order valence-electron chi connectivity index (χ2n) is 5.61. The molecule has 4 aromatic rings. The van der Waals surface area contributed by atoms with Crippen molar-refractivity contribution in [3.8, 4) is 11.3 Å². The van der Waals surface area contributed by atoms with Crippen molar-refractivity contribution in [2.45, 2.75) is 6.92 Å². The smallest absolute Gasteiger partial charge is 0.265 e. The number of hydrogen-bond acceptors (Lipinski definition) is 3. The Morgan fingerprint density at radius 2 is 2.00 bits per heavy atom. The number of nitrogens with one attached hydrogen (secondary N) is 1. The molecule has 0 radical (unpaired) electrons. The monoisotopic (exact) mass is 333 g/mol. The summed E-state index contributed by atoms with van der Waals surface area (Å²) in [6.45, 7) is 1.98. The van der Waals surface area contributed by atoms with Crippen molar-refractivity contribution >= 4 is 28.6 Å². The molecule has 3 heterocycles. The van der Waals surface area contributed by atoms with Gasteiger partial charge in [0.05, 0.1) is 10.6 Å². The van der Waals surface area contributed by atoms with Gasteiger partial charge in [-0.25, -0.2) is 4.98 Å². The van der Waals surface area contributed by atoms with Crippen molar-refractivity contribution in [1.82, 2.24) is 9.38 Å². The van der Waals surface area contributed by atoms with Gasteiger partial charge in [0.1, 0.15) is 5.65 Å². The summed E-state index contributed by atoms with van der Waals surface area (Å²) < 4.78 is 1.99. The molecule has 4 nitrogen and oxygen atoms in total. The average Bonchev–Trinajstić information content (AvgIpc) is 3.21. The predicted molar refractivity (Wildman–Crippen MR) is 97.6 cm³/mol. The van der Waals surface area contributed by atoms with E-state index in [0.29, 0.717) is 0 Å². The van der Waals surface area contributed by atoms with Crippen molar-refractivity contribution < 1.29 is 4.79 Å². The Morgan fingerprint density at radius 1 is 1.17 bits per heavy atom. The molecular weight excluding hydrogens is 318 g/mol. The van der Waals surface area contributed by atoms with Gasteiger partial charge in [-0.2, -0.15) is 0 Å². The van der Waals surface area contributed by atoms with E-state index in [1.165, 1.54) is 11.3 Å². The molecule has 1 aromatic carbocycles. The van der Waals surface area contributed by atoms with Crippen LogP contribution >= 0.6 is 11.3 Å². The Bertz CT molecular complexity index is 981. The lowest BCUT2D eigenvalue weighted by Crippen LogP contribution is -2.09. The summed E-state index contributed by atoms with van der Waals surface area (Å²) in [5, 5.41) is 4.90. The highest BCUT2D eigenvalue weighted by Crippen LogP contribution is 2.22. The Kier molecular flexibility index (Phi) is 3.63. The molecule has 0 aliphatic carbocycles. The van der Waals surface area contributed by atoms with E-state index in [0.717, 1.165) is 33.0 Å². The molecule has 0 bridgehead atoms. The van der Waals surface area contributed by atoms with Gasteiger partial charge in [-0.3, -0.25) is 4.79 Å². The molecule has 0 unspecified atom stereocenters. The lowest BCUT2D eigenvalue weighted by Gasteiger charge is -2.04. The molecule has 1 N–H and O–H groups in total. The first-order valence-electron chi connectivity index (χ1n) is 7.60. The van der Waals surface area contributed by atoms with Crippen molar-refractivity contribution in [2.24, 2.45) is 0 Å². The van der Waals surface area contributed by atoms with Crippen LogP contribution in [0.4, 0.5) is 5.69 Å². The maximum atomic E-state index is 12.2. The minimum Gasteiger partial charge on any atom is -0.321 e. The second-order valence-corrected chi connectivity index (χ2v) is 6.52. The van der Waals surface area contributed by atoms with Crippen LogP contribution in [0.1, 0.15) is 15.2 Å². The summed E-state index contributed by atoms with van der Waals surface area (Å²) in [7, 11) is 0. The standard InChI is InChI=1S/C19H15N3OS/c1-13-10-17(24-12-13)19(23)20-15-7-5-14(6-8-15)16-11-22-9-3-2-4-18(22)21-16/h2-12H,1H3,(H,20,23). The van der Waals surface area contributed by atoms with Gasteiger partial charge in [-0.15, -0.1) is 11.3 Å². The summed E-state index contributed by atoms with van der Waals surface area (Å²) in [5.74, 6) is -0.0754. The zero-order valence-electron chi connectivity index (χ0n) is 13.1. The van der Waals surface area contributed by atoms with E-state index in [9.17, 15) is 4.79 Å². The predicted octanol–water partition coefficient (Wildman–Crippen LogP) is 4.62. The van der Waals surface area contributed by atoms with Crippen LogP contribution in [-0.2, 0) is 0 Å². The number of aryl methyl sites for hydroxylation is 1. The normalized spacial score (nSPS) is 10.9. The van der Waals surface area contributed by atoms with Crippen LogP contribution in [0.5, 0.6) is 0 Å². The first kappa shape index (κ1) is 14.7. The van der Waals surface area contributed by atoms with Crippen molar-refractivity contribution in [3.05, 3.63) is 76.7 Å². The fraction of sp³-hybridized carbons (Fsp3) is 0.0526. The van der Waals surface area contributed by atoms with Gasteiger partial charge < -0.3 is 9.72 Å². The number of aromatic nitrogens is 2. The van der Waals surface area contributed by atoms with Crippen LogP contribution in [0.25, 0.3) is 16.9 Å². The molecular formula is C19H15N3OS. The van der Waals surface area contributed by atoms with E-state index in [2.05, 4.69) is 10.3 Å². The fourth-order valence-corrected chi connectivity index (χ4v) is 3.33. The maximum Gasteiger partial charge on any atom is 0.265 e. The SMILES string of the molecule is Cc1csc(C(=O)Nc2ccc(-c3cn4ccccc4n3)cc2)c1. The number of benzene rings is 1. The molecule has 1 amide bonds. The van der Waals surface area contributed by atoms with Gasteiger partial charge >= 0.3 is 0 Å². The zero-order chi connectivity index (χ0) is 16.5. The number of fused-ring (bicyclic) bond motifs is 1. The lowest BCUT2D eigenvalue weighted by atomic mass is 10.1. The maximum absolute atomic E-state index is 12.2. The Hall–Kier alpha value is -2.92. The highest BCUT2D eigenvalue weighted by Gasteiger charge is 2.09. The van der Waals surface area contributed by atoms with Gasteiger partial charge in [-0.1, -0.05) is 18.2 Å². The first-order valence-corrected chi connectivity index (χ1v) is 8.48. The van der Waals surface area contributed by atoms with Gasteiger partial charge in [0.2, 0.25) is 0 Å². The molecule has 4 rings (SSSR count). The third-order valence-corrected chi connectivity index (χ3v) is 4.80. The lowest BCUT2D eigenvalue weighted by molar-refractivity contribution is 0.103. The Morgan fingerprint density at radius 3 is 2.71 bits per heavy atom. The van der Waals surface area contributed by atoms with E-state index in [1.807, 2.05) is 77.6 Å². The molecule has 0 saturated heterocycles. The van der Waals surface area contributed by atoms with Crippen molar-refractivity contribution in [3.63, 3.8) is 0 Å². The number of carbonyl (C=O) groups is 1. The summed E-state index contributed by atoms with van der Waals surface area (Å²) in [4.78, 5) is 17.5. The number of anilines is 1. The van der Waals surface area contributed by atoms with Crippen LogP contribution in [0.3, 0.4) is 0 Å². The number of hydrogen-bond donors (Lipinski definition) is 1. The topological polar surface area (TPSA) is 46.4 Å². The number of pyridine rings is 1. The van der Waals surface area contributed by atoms with Gasteiger partial charge in [0, 0.05) is 23.6 Å². The van der Waals surface area contributed by atoms with Crippen molar-refractivity contribution in [2.75, 3.05) is 5.32 Å². The molecule has 3 aromatic heterocycles. The zero-order valence-corrected chi connectivity index (χ0v) is 13.9. The second kappa shape index (κ2) is 5.94. The van der Waals surface area contributed by atoms with E-state index in [1.54, 1.807) is 0 Å². The number of thiophene rings is 1. The molecule has 24 heavy (non-hydrogen) atoms. The van der Waals surface area contributed by atoms with E-state index in [-0.39, 0.29) is 5.91 Å². The number of amides is 1. The van der Waals surface area contributed by atoms with Crippen LogP contribution in [0, 0.1) is 6.92 Å². The Labute approximate surface area is 143 Å². The quantitative estimate of drug-likeness (QED) is 0.594. The minimum absolute atomic E-state index is 0.0754. The highest BCUT2D eigenvalue weighted by atomic mass is 32.1. The molecule has 0 aliphatic heterocycles. The molecule has 118 valence electrons. The third-order valence-electron chi connectivity index (χ3n) is 3.76. The van der Waals surface area contributed by atoms with Gasteiger partial charge in [-0.05, 0) is 48.2 Å². The molecule has 0 saturated carbocycles. The van der Waals surface area contributed by atoms with E-state index in [4.69, 9.17) is 0 Å². The van der Waals surface area contributed by atoms with E-state index >= 15 is 0 Å². The molecule has 0 aliphatic rings. The fourth-order valence-electron chi connectivity index (χ4n) is 2.54. The summed E-state index contributed by atoms with van der Waals surface area (Å²) in [5.41, 5.74) is 4.72. The van der Waals surface area contributed by atoms with Crippen LogP contribution in [0.15, 0.2) is 66.3 Å². The summed E-state index contributed by atoms with van der Waals surface area (Å²) in [6.07, 6.45) is 3.97. The van der Waals surface area contributed by atoms with Crippen LogP contribution in [0.2, 0.25) is 0 Å². The third kappa shape index (κ3) is 2.81. The van der Waals surface area contributed by atoms with Gasteiger partial charge in [0.15, 0.2) is 0 Å². The van der Waals surface area contributed by atoms with Crippen LogP contribution < -0.4 is 5.32 Å². The molecule has 5 heteroatoms. The summed E-state index contributed by atoms with van der Waals surface area (Å²) >= 11 is 1.45.